The van der Waals surface area contributed by atoms with Crippen LogP contribution in [0.15, 0.2) is 24.3 Å². The summed E-state index contributed by atoms with van der Waals surface area (Å²) in [5.41, 5.74) is 5.32. The van der Waals surface area contributed by atoms with E-state index in [2.05, 4.69) is 16.5 Å². The van der Waals surface area contributed by atoms with Crippen LogP contribution in [0, 0.1) is 13.8 Å². The van der Waals surface area contributed by atoms with Crippen molar-refractivity contribution in [2.45, 2.75) is 45.6 Å². The minimum Gasteiger partial charge on any atom is -0.496 e. The van der Waals surface area contributed by atoms with Crippen LogP contribution in [0.3, 0.4) is 0 Å². The number of aromatic nitrogens is 3. The predicted octanol–water partition coefficient (Wildman–Crippen LogP) is 3.96. The number of carbonyl (C=O) groups excluding carboxylic acids is 1. The molecule has 1 aliphatic rings. The minimum absolute atomic E-state index is 0.110. The zero-order valence-corrected chi connectivity index (χ0v) is 17.0. The molecule has 146 valence electrons. The van der Waals surface area contributed by atoms with Crippen molar-refractivity contribution in [3.8, 4) is 5.75 Å². The van der Waals surface area contributed by atoms with Crippen LogP contribution < -0.4 is 10.1 Å². The van der Waals surface area contributed by atoms with Gasteiger partial charge in [0, 0.05) is 24.2 Å². The molecule has 2 aromatic heterocycles. The molecule has 0 saturated heterocycles. The van der Waals surface area contributed by atoms with Gasteiger partial charge in [0.1, 0.15) is 5.75 Å². The van der Waals surface area contributed by atoms with Crippen molar-refractivity contribution >= 4 is 16.9 Å². The second kappa shape index (κ2) is 6.93. The maximum Gasteiger partial charge on any atom is 0.252 e. The Morgan fingerprint density at radius 2 is 2.04 bits per heavy atom. The molecule has 6 nitrogen and oxygen atoms in total. The first kappa shape index (κ1) is 18.5. The molecule has 3 aromatic rings. The largest absolute Gasteiger partial charge is 0.496 e. The summed E-state index contributed by atoms with van der Waals surface area (Å²) in [6.45, 7) is 5.93. The molecule has 1 amide bonds. The van der Waals surface area contributed by atoms with Gasteiger partial charge in [-0.25, -0.2) is 4.98 Å². The van der Waals surface area contributed by atoms with Crippen LogP contribution in [-0.4, -0.2) is 27.8 Å². The summed E-state index contributed by atoms with van der Waals surface area (Å²) in [5.74, 6) is 1.12. The van der Waals surface area contributed by atoms with Gasteiger partial charge in [-0.05, 0) is 45.7 Å². The molecule has 1 atom stereocenters. The highest BCUT2D eigenvalue weighted by molar-refractivity contribution is 6.06. The van der Waals surface area contributed by atoms with Gasteiger partial charge in [0.2, 0.25) is 0 Å². The van der Waals surface area contributed by atoms with Crippen molar-refractivity contribution in [1.29, 1.82) is 0 Å². The molecular formula is C22H26N4O2. The lowest BCUT2D eigenvalue weighted by Crippen LogP contribution is -2.27. The molecule has 1 aliphatic carbocycles. The fourth-order valence-corrected chi connectivity index (χ4v) is 3.78. The summed E-state index contributed by atoms with van der Waals surface area (Å²) in [6.07, 6.45) is 2.26. The average molecular weight is 378 g/mol. The van der Waals surface area contributed by atoms with E-state index in [1.54, 1.807) is 11.8 Å². The molecule has 1 fully saturated rings. The number of nitrogens with zero attached hydrogens (tertiary/aromatic N) is 3. The summed E-state index contributed by atoms with van der Waals surface area (Å²) in [5, 5.41) is 8.46. The van der Waals surface area contributed by atoms with E-state index in [-0.39, 0.29) is 11.9 Å². The number of hydrogen-bond acceptors (Lipinski definition) is 4. The van der Waals surface area contributed by atoms with E-state index in [1.165, 1.54) is 0 Å². The Morgan fingerprint density at radius 1 is 1.29 bits per heavy atom. The van der Waals surface area contributed by atoms with E-state index in [4.69, 9.17) is 9.72 Å². The van der Waals surface area contributed by atoms with E-state index in [0.717, 1.165) is 52.1 Å². The lowest BCUT2D eigenvalue weighted by molar-refractivity contribution is 0.0941. The standard InChI is InChI=1S/C22H26N4O2/c1-12-6-9-19(28-5)16(10-12)13(2)23-22(27)17-11-18(15-7-8-15)24-21-20(17)14(3)25-26(21)4/h6,9-11,13,15H,7-8H2,1-5H3,(H,23,27). The van der Waals surface area contributed by atoms with E-state index in [9.17, 15) is 4.79 Å². The summed E-state index contributed by atoms with van der Waals surface area (Å²) in [7, 11) is 3.52. The van der Waals surface area contributed by atoms with Gasteiger partial charge < -0.3 is 10.1 Å². The number of fused-ring (bicyclic) bond motifs is 1. The van der Waals surface area contributed by atoms with Crippen LogP contribution in [0.25, 0.3) is 11.0 Å². The fourth-order valence-electron chi connectivity index (χ4n) is 3.78. The number of methoxy groups -OCH3 is 1. The molecule has 0 bridgehead atoms. The quantitative estimate of drug-likeness (QED) is 0.730. The molecule has 4 rings (SSSR count). The lowest BCUT2D eigenvalue weighted by atomic mass is 10.0. The van der Waals surface area contributed by atoms with Gasteiger partial charge in [0.05, 0.1) is 29.8 Å². The zero-order valence-electron chi connectivity index (χ0n) is 17.0. The normalized spacial score (nSPS) is 14.9. The highest BCUT2D eigenvalue weighted by Gasteiger charge is 2.29. The number of ether oxygens (including phenoxy) is 1. The molecule has 2 heterocycles. The highest BCUT2D eigenvalue weighted by atomic mass is 16.5. The van der Waals surface area contributed by atoms with Crippen molar-refractivity contribution in [1.82, 2.24) is 20.1 Å². The van der Waals surface area contributed by atoms with Crippen LogP contribution >= 0.6 is 0 Å². The number of nitrogens with one attached hydrogen (secondary N) is 1. The first-order valence-corrected chi connectivity index (χ1v) is 9.68. The molecule has 0 spiro atoms. The summed E-state index contributed by atoms with van der Waals surface area (Å²) >= 11 is 0. The van der Waals surface area contributed by atoms with Crippen LogP contribution in [-0.2, 0) is 7.05 Å². The van der Waals surface area contributed by atoms with E-state index >= 15 is 0 Å². The maximum absolute atomic E-state index is 13.3. The number of carbonyl (C=O) groups is 1. The highest BCUT2D eigenvalue weighted by Crippen LogP contribution is 2.40. The van der Waals surface area contributed by atoms with Crippen LogP contribution in [0.1, 0.15) is 64.6 Å². The molecule has 0 radical (unpaired) electrons. The zero-order chi connectivity index (χ0) is 20.0. The van der Waals surface area contributed by atoms with Crippen LogP contribution in [0.5, 0.6) is 5.75 Å². The number of benzene rings is 1. The Labute approximate surface area is 164 Å². The number of hydrogen-bond donors (Lipinski definition) is 1. The Bertz CT molecular complexity index is 1070. The Balaban J connectivity index is 1.72. The topological polar surface area (TPSA) is 69.0 Å². The molecule has 0 aliphatic heterocycles. The van der Waals surface area contributed by atoms with E-state index in [0.29, 0.717) is 11.5 Å². The van der Waals surface area contributed by atoms with E-state index in [1.807, 2.05) is 46.0 Å². The van der Waals surface area contributed by atoms with Gasteiger partial charge in [0.25, 0.3) is 5.91 Å². The van der Waals surface area contributed by atoms with Gasteiger partial charge in [-0.3, -0.25) is 9.48 Å². The first-order valence-electron chi connectivity index (χ1n) is 9.68. The summed E-state index contributed by atoms with van der Waals surface area (Å²) in [4.78, 5) is 18.0. The van der Waals surface area contributed by atoms with E-state index < -0.39 is 0 Å². The lowest BCUT2D eigenvalue weighted by Gasteiger charge is -2.18. The van der Waals surface area contributed by atoms with Crippen molar-refractivity contribution in [3.05, 3.63) is 52.3 Å². The van der Waals surface area contributed by atoms with Gasteiger partial charge in [0.15, 0.2) is 5.65 Å². The first-order chi connectivity index (χ1) is 13.4. The van der Waals surface area contributed by atoms with Crippen molar-refractivity contribution < 1.29 is 9.53 Å². The number of rotatable bonds is 5. The van der Waals surface area contributed by atoms with Crippen molar-refractivity contribution in [3.63, 3.8) is 0 Å². The van der Waals surface area contributed by atoms with Gasteiger partial charge >= 0.3 is 0 Å². The monoisotopic (exact) mass is 378 g/mol. The van der Waals surface area contributed by atoms with Crippen LogP contribution in [0.2, 0.25) is 0 Å². The summed E-state index contributed by atoms with van der Waals surface area (Å²) in [6, 6.07) is 7.76. The van der Waals surface area contributed by atoms with Gasteiger partial charge in [-0.15, -0.1) is 0 Å². The molecular weight excluding hydrogens is 352 g/mol. The SMILES string of the molecule is COc1ccc(C)cc1C(C)NC(=O)c1cc(C2CC2)nc2c1c(C)nn2C. The Hall–Kier alpha value is -2.89. The van der Waals surface area contributed by atoms with Crippen molar-refractivity contribution in [2.24, 2.45) is 7.05 Å². The Morgan fingerprint density at radius 3 is 2.71 bits per heavy atom. The maximum atomic E-state index is 13.3. The third-order valence-electron chi connectivity index (χ3n) is 5.43. The average Bonchev–Trinajstić information content (AvgIpc) is 3.47. The van der Waals surface area contributed by atoms with Crippen molar-refractivity contribution in [2.75, 3.05) is 7.11 Å². The molecule has 1 saturated carbocycles. The number of aryl methyl sites for hydroxylation is 3. The number of pyridine rings is 1. The minimum atomic E-state index is -0.188. The van der Waals surface area contributed by atoms with Crippen LogP contribution in [0.4, 0.5) is 0 Å². The second-order valence-corrected chi connectivity index (χ2v) is 7.72. The molecule has 1 unspecified atom stereocenters. The third kappa shape index (κ3) is 3.23. The third-order valence-corrected chi connectivity index (χ3v) is 5.43. The number of amides is 1. The predicted molar refractivity (Wildman–Crippen MR) is 109 cm³/mol. The van der Waals surface area contributed by atoms with Gasteiger partial charge in [-0.2, -0.15) is 5.10 Å². The molecule has 6 heteroatoms. The molecule has 1 N–H and O–H groups in total. The smallest absolute Gasteiger partial charge is 0.252 e. The van der Waals surface area contributed by atoms with Gasteiger partial charge in [-0.1, -0.05) is 17.7 Å². The fraction of sp³-hybridized carbons (Fsp3) is 0.409. The molecule has 28 heavy (non-hydrogen) atoms. The second-order valence-electron chi connectivity index (χ2n) is 7.72. The Kier molecular flexibility index (Phi) is 4.57. The summed E-state index contributed by atoms with van der Waals surface area (Å²) < 4.78 is 7.25. The molecule has 1 aromatic carbocycles.